The van der Waals surface area contributed by atoms with Crippen molar-refractivity contribution in [1.29, 1.82) is 0 Å². The van der Waals surface area contributed by atoms with Gasteiger partial charge in [-0.15, -0.1) is 0 Å². The number of rotatable bonds is 2. The summed E-state index contributed by atoms with van der Waals surface area (Å²) < 4.78 is 13.8. The highest BCUT2D eigenvalue weighted by Gasteiger charge is 2.18. The van der Waals surface area contributed by atoms with Crippen molar-refractivity contribution in [2.24, 2.45) is 5.73 Å². The SMILES string of the molecule is NC1CCCCc2nc(Cc3c(F)cccc3Cl)ncc21. The fourth-order valence-corrected chi connectivity index (χ4v) is 2.96. The number of aryl methyl sites for hydroxylation is 1. The molecule has 0 aliphatic heterocycles. The molecule has 1 aliphatic rings. The number of nitrogens with two attached hydrogens (primary N) is 1. The third-order valence-electron chi connectivity index (χ3n) is 3.92. The number of fused-ring (bicyclic) bond motifs is 1. The van der Waals surface area contributed by atoms with E-state index < -0.39 is 0 Å². The number of benzene rings is 1. The molecule has 3 rings (SSSR count). The van der Waals surface area contributed by atoms with Gasteiger partial charge in [-0.25, -0.2) is 14.4 Å². The summed E-state index contributed by atoms with van der Waals surface area (Å²) in [5.74, 6) is 0.271. The number of nitrogens with zero attached hydrogens (tertiary/aromatic N) is 2. The minimum atomic E-state index is -0.322. The zero-order chi connectivity index (χ0) is 14.8. The van der Waals surface area contributed by atoms with E-state index in [4.69, 9.17) is 17.3 Å². The normalized spacial score (nSPS) is 18.1. The van der Waals surface area contributed by atoms with Crippen LogP contribution in [0.15, 0.2) is 24.4 Å². The van der Waals surface area contributed by atoms with E-state index >= 15 is 0 Å². The Balaban J connectivity index is 1.92. The molecule has 1 aromatic heterocycles. The zero-order valence-corrected chi connectivity index (χ0v) is 12.4. The molecule has 1 atom stereocenters. The van der Waals surface area contributed by atoms with Gasteiger partial charge in [-0.3, -0.25) is 0 Å². The number of halogens is 2. The fourth-order valence-electron chi connectivity index (χ4n) is 2.73. The van der Waals surface area contributed by atoms with Crippen LogP contribution in [0.5, 0.6) is 0 Å². The van der Waals surface area contributed by atoms with Crippen molar-refractivity contribution >= 4 is 11.6 Å². The van der Waals surface area contributed by atoms with Crippen LogP contribution >= 0.6 is 11.6 Å². The Morgan fingerprint density at radius 2 is 2.19 bits per heavy atom. The van der Waals surface area contributed by atoms with Gasteiger partial charge in [-0.05, 0) is 31.4 Å². The summed E-state index contributed by atoms with van der Waals surface area (Å²) in [6.07, 6.45) is 6.15. The maximum atomic E-state index is 13.8. The second kappa shape index (κ2) is 6.08. The number of hydrogen-bond acceptors (Lipinski definition) is 3. The quantitative estimate of drug-likeness (QED) is 0.863. The van der Waals surface area contributed by atoms with Gasteiger partial charge in [0.1, 0.15) is 11.6 Å². The first-order chi connectivity index (χ1) is 10.1. The topological polar surface area (TPSA) is 51.8 Å². The van der Waals surface area contributed by atoms with Crippen molar-refractivity contribution in [3.63, 3.8) is 0 Å². The standard InChI is InChI=1S/C16H17ClFN3/c17-12-4-3-5-13(18)10(12)8-16-20-9-11-14(19)6-1-2-7-15(11)21-16/h3-5,9,14H,1-2,6-8,19H2. The van der Waals surface area contributed by atoms with Gasteiger partial charge in [0.05, 0.1) is 0 Å². The number of aromatic nitrogens is 2. The van der Waals surface area contributed by atoms with Crippen LogP contribution in [0.25, 0.3) is 0 Å². The summed E-state index contributed by atoms with van der Waals surface area (Å²) >= 11 is 6.06. The van der Waals surface area contributed by atoms with Gasteiger partial charge in [0, 0.05) is 40.5 Å². The first kappa shape index (κ1) is 14.4. The average Bonchev–Trinajstić information content (AvgIpc) is 2.65. The lowest BCUT2D eigenvalue weighted by molar-refractivity contribution is 0.610. The molecule has 21 heavy (non-hydrogen) atoms. The van der Waals surface area contributed by atoms with Gasteiger partial charge >= 0.3 is 0 Å². The van der Waals surface area contributed by atoms with Crippen molar-refractivity contribution in [2.45, 2.75) is 38.1 Å². The first-order valence-corrected chi connectivity index (χ1v) is 7.56. The van der Waals surface area contributed by atoms with E-state index in [0.717, 1.165) is 36.9 Å². The first-order valence-electron chi connectivity index (χ1n) is 7.18. The lowest BCUT2D eigenvalue weighted by atomic mass is 10.1. The van der Waals surface area contributed by atoms with Crippen LogP contribution in [-0.4, -0.2) is 9.97 Å². The van der Waals surface area contributed by atoms with Gasteiger partial charge in [0.2, 0.25) is 0 Å². The largest absolute Gasteiger partial charge is 0.324 e. The van der Waals surface area contributed by atoms with E-state index in [1.165, 1.54) is 6.07 Å². The van der Waals surface area contributed by atoms with Gasteiger partial charge in [-0.1, -0.05) is 24.1 Å². The molecule has 0 spiro atoms. The van der Waals surface area contributed by atoms with Crippen LogP contribution < -0.4 is 5.73 Å². The maximum absolute atomic E-state index is 13.8. The predicted molar refractivity (Wildman–Crippen MR) is 80.7 cm³/mol. The van der Waals surface area contributed by atoms with Crippen LogP contribution in [0.1, 0.15) is 47.9 Å². The molecule has 0 saturated heterocycles. The molecule has 2 aromatic rings. The van der Waals surface area contributed by atoms with Crippen molar-refractivity contribution in [3.8, 4) is 0 Å². The number of hydrogen-bond donors (Lipinski definition) is 1. The lowest BCUT2D eigenvalue weighted by Gasteiger charge is -2.12. The lowest BCUT2D eigenvalue weighted by Crippen LogP contribution is -2.13. The second-order valence-corrected chi connectivity index (χ2v) is 5.82. The van der Waals surface area contributed by atoms with Crippen molar-refractivity contribution in [1.82, 2.24) is 9.97 Å². The van der Waals surface area contributed by atoms with Crippen LogP contribution in [-0.2, 0) is 12.8 Å². The van der Waals surface area contributed by atoms with Gasteiger partial charge in [0.25, 0.3) is 0 Å². The summed E-state index contributed by atoms with van der Waals surface area (Å²) in [6, 6.07) is 4.69. The van der Waals surface area contributed by atoms with Gasteiger partial charge in [0.15, 0.2) is 0 Å². The molecule has 1 aliphatic carbocycles. The molecule has 0 bridgehead atoms. The van der Waals surface area contributed by atoms with E-state index in [2.05, 4.69) is 9.97 Å². The van der Waals surface area contributed by atoms with E-state index in [0.29, 0.717) is 22.8 Å². The molecule has 5 heteroatoms. The summed E-state index contributed by atoms with van der Waals surface area (Å²) in [6.45, 7) is 0. The Kier molecular flexibility index (Phi) is 4.17. The second-order valence-electron chi connectivity index (χ2n) is 5.42. The van der Waals surface area contributed by atoms with Crippen molar-refractivity contribution < 1.29 is 4.39 Å². The third-order valence-corrected chi connectivity index (χ3v) is 4.28. The molecule has 3 nitrogen and oxygen atoms in total. The summed E-state index contributed by atoms with van der Waals surface area (Å²) in [5.41, 5.74) is 8.60. The Morgan fingerprint density at radius 1 is 1.33 bits per heavy atom. The van der Waals surface area contributed by atoms with Crippen LogP contribution in [0.3, 0.4) is 0 Å². The Morgan fingerprint density at radius 3 is 3.00 bits per heavy atom. The van der Waals surface area contributed by atoms with E-state index in [1.54, 1.807) is 18.3 Å². The van der Waals surface area contributed by atoms with Crippen molar-refractivity contribution in [2.75, 3.05) is 0 Å². The minimum Gasteiger partial charge on any atom is -0.324 e. The zero-order valence-electron chi connectivity index (χ0n) is 11.6. The summed E-state index contributed by atoms with van der Waals surface area (Å²) in [7, 11) is 0. The maximum Gasteiger partial charge on any atom is 0.133 e. The molecule has 0 saturated carbocycles. The molecular weight excluding hydrogens is 289 g/mol. The Hall–Kier alpha value is -1.52. The highest BCUT2D eigenvalue weighted by Crippen LogP contribution is 2.26. The molecule has 1 heterocycles. The molecular formula is C16H17ClFN3. The third kappa shape index (κ3) is 3.06. The smallest absolute Gasteiger partial charge is 0.133 e. The monoisotopic (exact) mass is 305 g/mol. The molecule has 1 unspecified atom stereocenters. The highest BCUT2D eigenvalue weighted by atomic mass is 35.5. The van der Waals surface area contributed by atoms with Gasteiger partial charge in [-0.2, -0.15) is 0 Å². The van der Waals surface area contributed by atoms with E-state index in [9.17, 15) is 4.39 Å². The molecule has 110 valence electrons. The Bertz CT molecular complexity index is 640. The fraction of sp³-hybridized carbons (Fsp3) is 0.375. The molecule has 2 N–H and O–H groups in total. The highest BCUT2D eigenvalue weighted by molar-refractivity contribution is 6.31. The van der Waals surface area contributed by atoms with Crippen LogP contribution in [0, 0.1) is 5.82 Å². The van der Waals surface area contributed by atoms with Crippen molar-refractivity contribution in [3.05, 3.63) is 57.9 Å². The van der Waals surface area contributed by atoms with E-state index in [-0.39, 0.29) is 11.9 Å². The molecule has 0 fully saturated rings. The predicted octanol–water partition coefficient (Wildman–Crippen LogP) is 3.59. The van der Waals surface area contributed by atoms with Gasteiger partial charge < -0.3 is 5.73 Å². The van der Waals surface area contributed by atoms with Crippen LogP contribution in [0.2, 0.25) is 5.02 Å². The molecule has 0 amide bonds. The summed E-state index contributed by atoms with van der Waals surface area (Å²) in [4.78, 5) is 8.93. The molecule has 0 radical (unpaired) electrons. The average molecular weight is 306 g/mol. The minimum absolute atomic E-state index is 0.00796. The molecule has 1 aromatic carbocycles. The van der Waals surface area contributed by atoms with Crippen LogP contribution in [0.4, 0.5) is 4.39 Å². The summed E-state index contributed by atoms with van der Waals surface area (Å²) in [5, 5.41) is 0.408. The van der Waals surface area contributed by atoms with E-state index in [1.807, 2.05) is 0 Å². The Labute approximate surface area is 128 Å².